The van der Waals surface area contributed by atoms with Crippen molar-refractivity contribution in [3.05, 3.63) is 95.1 Å². The van der Waals surface area contributed by atoms with Crippen molar-refractivity contribution in [2.75, 3.05) is 4.72 Å². The maximum atomic E-state index is 12.9. The molecule has 3 aromatic rings. The molecule has 162 valence electrons. The molecule has 0 aliphatic carbocycles. The van der Waals surface area contributed by atoms with Gasteiger partial charge in [-0.25, -0.2) is 8.42 Å². The highest BCUT2D eigenvalue weighted by Crippen LogP contribution is 2.29. The fourth-order valence-corrected chi connectivity index (χ4v) is 4.52. The molecule has 0 bridgehead atoms. The second kappa shape index (κ2) is 9.20. The number of thiocarbonyl (C=S) groups is 1. The number of anilines is 1. The molecule has 0 saturated carbocycles. The minimum atomic E-state index is -4.40. The van der Waals surface area contributed by atoms with Gasteiger partial charge in [-0.05, 0) is 47.9 Å². The second-order valence-corrected chi connectivity index (χ2v) is 9.41. The van der Waals surface area contributed by atoms with Crippen molar-refractivity contribution in [2.45, 2.75) is 30.8 Å². The molecule has 0 amide bonds. The van der Waals surface area contributed by atoms with E-state index < -0.39 is 21.8 Å². The van der Waals surface area contributed by atoms with E-state index in [0.29, 0.717) is 22.5 Å². The molecule has 31 heavy (non-hydrogen) atoms. The predicted molar refractivity (Wildman–Crippen MR) is 120 cm³/mol. The number of benzene rings is 3. The molecule has 0 unspecified atom stereocenters. The molecule has 0 atom stereocenters. The molecule has 0 aromatic heterocycles. The van der Waals surface area contributed by atoms with Crippen LogP contribution in [0.1, 0.15) is 22.3 Å². The Kier molecular flexibility index (Phi) is 6.81. The minimum absolute atomic E-state index is 0.114. The zero-order chi connectivity index (χ0) is 22.6. The van der Waals surface area contributed by atoms with Crippen molar-refractivity contribution in [1.82, 2.24) is 0 Å². The largest absolute Gasteiger partial charge is 0.416 e. The fourth-order valence-electron chi connectivity index (χ4n) is 3.05. The smallest absolute Gasteiger partial charge is 0.279 e. The van der Waals surface area contributed by atoms with Gasteiger partial charge in [-0.1, -0.05) is 60.7 Å². The number of hydrogen-bond donors (Lipinski definition) is 1. The molecular formula is C23H20F3NO2S2. The first-order chi connectivity index (χ1) is 14.5. The van der Waals surface area contributed by atoms with E-state index in [4.69, 9.17) is 12.2 Å². The lowest BCUT2D eigenvalue weighted by atomic mass is 10.0. The lowest BCUT2D eigenvalue weighted by molar-refractivity contribution is -0.137. The molecule has 0 aliphatic heterocycles. The zero-order valence-corrected chi connectivity index (χ0v) is 18.2. The number of nitrogens with one attached hydrogen (secondary N) is 1. The summed E-state index contributed by atoms with van der Waals surface area (Å²) in [7, 11) is -3.74. The van der Waals surface area contributed by atoms with Crippen LogP contribution in [-0.4, -0.2) is 13.3 Å². The Morgan fingerprint density at radius 1 is 0.903 bits per heavy atom. The van der Waals surface area contributed by atoms with E-state index in [1.54, 1.807) is 30.3 Å². The maximum absolute atomic E-state index is 12.9. The van der Waals surface area contributed by atoms with Gasteiger partial charge in [-0.3, -0.25) is 4.72 Å². The number of rotatable bonds is 7. The molecule has 0 spiro atoms. The first-order valence-electron chi connectivity index (χ1n) is 9.40. The Bertz CT molecular complexity index is 1190. The van der Waals surface area contributed by atoms with Crippen LogP contribution in [0.5, 0.6) is 0 Å². The summed E-state index contributed by atoms with van der Waals surface area (Å²) in [6, 6.07) is 18.5. The van der Waals surface area contributed by atoms with Crippen LogP contribution in [0, 0.1) is 6.92 Å². The van der Waals surface area contributed by atoms with Crippen LogP contribution in [0.4, 0.5) is 18.9 Å². The third kappa shape index (κ3) is 6.15. The van der Waals surface area contributed by atoms with Gasteiger partial charge in [0.2, 0.25) is 0 Å². The summed E-state index contributed by atoms with van der Waals surface area (Å²) in [5.41, 5.74) is 1.88. The van der Waals surface area contributed by atoms with E-state index in [1.807, 2.05) is 19.1 Å². The van der Waals surface area contributed by atoms with Crippen LogP contribution in [0.2, 0.25) is 0 Å². The summed E-state index contributed by atoms with van der Waals surface area (Å²) in [6.07, 6.45) is -3.81. The normalized spacial score (nSPS) is 11.9. The summed E-state index contributed by atoms with van der Waals surface area (Å²) in [5.74, 6) is 0. The van der Waals surface area contributed by atoms with Crippen molar-refractivity contribution in [2.24, 2.45) is 0 Å². The Hall–Kier alpha value is -2.71. The van der Waals surface area contributed by atoms with Crippen LogP contribution in [0.25, 0.3) is 0 Å². The first-order valence-corrected chi connectivity index (χ1v) is 11.3. The number of hydrogen-bond acceptors (Lipinski definition) is 3. The zero-order valence-electron chi connectivity index (χ0n) is 16.6. The third-order valence-electron chi connectivity index (χ3n) is 4.68. The quantitative estimate of drug-likeness (QED) is 0.439. The number of alkyl halides is 3. The van der Waals surface area contributed by atoms with Crippen molar-refractivity contribution in [1.29, 1.82) is 0 Å². The number of para-hydroxylation sites is 1. The molecule has 0 saturated heterocycles. The Labute approximate surface area is 185 Å². The fraction of sp³-hybridized carbons (Fsp3) is 0.174. The Morgan fingerprint density at radius 3 is 2.19 bits per heavy atom. The highest BCUT2D eigenvalue weighted by atomic mass is 32.2. The third-order valence-corrected chi connectivity index (χ3v) is 6.35. The molecule has 1 N–H and O–H groups in total. The summed E-state index contributed by atoms with van der Waals surface area (Å²) in [4.78, 5) is 0.677. The number of sulfonamides is 1. The summed E-state index contributed by atoms with van der Waals surface area (Å²) in [5, 5.41) is 0. The van der Waals surface area contributed by atoms with Gasteiger partial charge in [0.25, 0.3) is 10.0 Å². The second-order valence-electron chi connectivity index (χ2n) is 7.15. The van der Waals surface area contributed by atoms with Gasteiger partial charge in [0.15, 0.2) is 0 Å². The highest BCUT2D eigenvalue weighted by molar-refractivity contribution is 7.92. The van der Waals surface area contributed by atoms with E-state index in [0.717, 1.165) is 23.3 Å². The van der Waals surface area contributed by atoms with Crippen LogP contribution >= 0.6 is 12.2 Å². The molecule has 0 aliphatic rings. The molecule has 0 radical (unpaired) electrons. The number of aryl methyl sites for hydroxylation is 1. The van der Waals surface area contributed by atoms with E-state index in [9.17, 15) is 21.6 Å². The summed E-state index contributed by atoms with van der Waals surface area (Å²) >= 11 is 5.35. The monoisotopic (exact) mass is 463 g/mol. The van der Waals surface area contributed by atoms with E-state index in [-0.39, 0.29) is 11.3 Å². The Morgan fingerprint density at radius 2 is 1.55 bits per heavy atom. The summed E-state index contributed by atoms with van der Waals surface area (Å²) < 4.78 is 66.4. The van der Waals surface area contributed by atoms with Crippen molar-refractivity contribution < 1.29 is 21.6 Å². The Balaban J connectivity index is 1.66. The lowest BCUT2D eigenvalue weighted by Gasteiger charge is -2.11. The molecule has 3 aromatic carbocycles. The molecule has 0 heterocycles. The highest BCUT2D eigenvalue weighted by Gasteiger charge is 2.30. The van der Waals surface area contributed by atoms with Gasteiger partial charge in [0, 0.05) is 17.7 Å². The van der Waals surface area contributed by atoms with Crippen molar-refractivity contribution >= 4 is 32.8 Å². The van der Waals surface area contributed by atoms with Gasteiger partial charge in [-0.15, -0.1) is 0 Å². The van der Waals surface area contributed by atoms with Crippen LogP contribution in [-0.2, 0) is 29.0 Å². The van der Waals surface area contributed by atoms with Crippen molar-refractivity contribution in [3.63, 3.8) is 0 Å². The van der Waals surface area contributed by atoms with Gasteiger partial charge in [0.05, 0.1) is 16.1 Å². The average molecular weight is 464 g/mol. The van der Waals surface area contributed by atoms with Crippen molar-refractivity contribution in [3.8, 4) is 0 Å². The maximum Gasteiger partial charge on any atom is 0.416 e. The predicted octanol–water partition coefficient (Wildman–Crippen LogP) is 5.97. The molecule has 8 heteroatoms. The van der Waals surface area contributed by atoms with Crippen LogP contribution in [0.15, 0.2) is 77.7 Å². The molecule has 3 rings (SSSR count). The van der Waals surface area contributed by atoms with Gasteiger partial charge < -0.3 is 0 Å². The first kappa shape index (κ1) is 23.0. The molecular weight excluding hydrogens is 443 g/mol. The van der Waals surface area contributed by atoms with Gasteiger partial charge in [-0.2, -0.15) is 13.2 Å². The number of halogens is 3. The van der Waals surface area contributed by atoms with Gasteiger partial charge >= 0.3 is 6.18 Å². The minimum Gasteiger partial charge on any atom is -0.279 e. The lowest BCUT2D eigenvalue weighted by Crippen LogP contribution is -2.14. The standard InChI is InChI=1S/C23H20F3NO2S2/c1-16-5-2-3-8-22(16)27-31(28,29)21-11-9-17(10-12-21)14-20(30)15-18-6-4-7-19(13-18)23(24,25)26/h2-13,27H,14-15H2,1H3. The van der Waals surface area contributed by atoms with E-state index >= 15 is 0 Å². The summed E-state index contributed by atoms with van der Waals surface area (Å²) in [6.45, 7) is 1.81. The molecule has 3 nitrogen and oxygen atoms in total. The average Bonchev–Trinajstić information content (AvgIpc) is 2.69. The van der Waals surface area contributed by atoms with E-state index in [1.165, 1.54) is 18.2 Å². The topological polar surface area (TPSA) is 46.2 Å². The van der Waals surface area contributed by atoms with E-state index in [2.05, 4.69) is 4.72 Å². The SMILES string of the molecule is Cc1ccccc1NS(=O)(=O)c1ccc(CC(=S)Cc2cccc(C(F)(F)F)c2)cc1. The van der Waals surface area contributed by atoms with Gasteiger partial charge in [0.1, 0.15) is 0 Å². The molecule has 0 fully saturated rings. The van der Waals surface area contributed by atoms with Crippen LogP contribution < -0.4 is 4.72 Å². The van der Waals surface area contributed by atoms with Crippen LogP contribution in [0.3, 0.4) is 0 Å².